The fraction of sp³-hybridized carbons (Fsp3) is 0.278. The number of halogens is 7. The van der Waals surface area contributed by atoms with Crippen LogP contribution in [0.3, 0.4) is 0 Å². The van der Waals surface area contributed by atoms with Gasteiger partial charge in [0, 0.05) is 11.1 Å². The van der Waals surface area contributed by atoms with Gasteiger partial charge in [-0.2, -0.15) is 8.78 Å². The van der Waals surface area contributed by atoms with Crippen molar-refractivity contribution >= 4 is 0 Å². The lowest BCUT2D eigenvalue weighted by Gasteiger charge is -2.27. The Morgan fingerprint density at radius 3 is 1.91 bits per heavy atom. The predicted molar refractivity (Wildman–Crippen MR) is 157 cm³/mol. The first kappa shape index (κ1) is 31.4. The monoisotopic (exact) mass is 612 g/mol. The van der Waals surface area contributed by atoms with Gasteiger partial charge in [-0.05, 0) is 109 Å². The van der Waals surface area contributed by atoms with Crippen molar-refractivity contribution in [3.63, 3.8) is 0 Å². The van der Waals surface area contributed by atoms with Crippen LogP contribution in [0.5, 0.6) is 5.75 Å². The second-order valence-corrected chi connectivity index (χ2v) is 11.2. The second kappa shape index (κ2) is 13.3. The Balaban J connectivity index is 1.33. The molecule has 0 aromatic heterocycles. The van der Waals surface area contributed by atoms with Crippen LogP contribution in [0.25, 0.3) is 22.3 Å². The van der Waals surface area contributed by atoms with Crippen LogP contribution >= 0.6 is 0 Å². The highest BCUT2D eigenvalue weighted by molar-refractivity contribution is 5.72. The van der Waals surface area contributed by atoms with Crippen molar-refractivity contribution in [2.45, 2.75) is 57.5 Å². The Morgan fingerprint density at radius 1 is 0.705 bits per heavy atom. The van der Waals surface area contributed by atoms with Crippen LogP contribution in [-0.4, -0.2) is 0 Å². The smallest absolute Gasteiger partial charge is 0.429 e. The number of rotatable bonds is 9. The minimum Gasteiger partial charge on any atom is -0.429 e. The standard InChI is InChI=1S/C36H31F7O/c1-2-3-4-5-22-6-8-23(9-7-22)24-10-16-29(31(38)18-24)25-11-17-30(32(39)19-25)26-20-33(40)35(34(41)21-26)36(42,43)44-28-14-12-27(37)13-15-28/h4-5,10-23H,2-3,6-9H2,1H3/b5-4+. The van der Waals surface area contributed by atoms with E-state index < -0.39 is 46.5 Å². The molecule has 8 heteroatoms. The van der Waals surface area contributed by atoms with Gasteiger partial charge in [0.25, 0.3) is 0 Å². The van der Waals surface area contributed by atoms with E-state index in [1.54, 1.807) is 6.07 Å². The number of hydrogen-bond donors (Lipinski definition) is 0. The van der Waals surface area contributed by atoms with E-state index in [0.29, 0.717) is 18.1 Å². The largest absolute Gasteiger partial charge is 0.432 e. The van der Waals surface area contributed by atoms with E-state index >= 15 is 8.78 Å². The molecule has 0 saturated heterocycles. The molecule has 1 nitrogen and oxygen atoms in total. The number of hydrogen-bond acceptors (Lipinski definition) is 1. The molecule has 0 radical (unpaired) electrons. The molecule has 230 valence electrons. The molecule has 1 aliphatic rings. The first-order valence-electron chi connectivity index (χ1n) is 14.6. The quantitative estimate of drug-likeness (QED) is 0.135. The summed E-state index contributed by atoms with van der Waals surface area (Å²) >= 11 is 0. The van der Waals surface area contributed by atoms with E-state index in [-0.39, 0.29) is 28.2 Å². The summed E-state index contributed by atoms with van der Waals surface area (Å²) in [5.74, 6) is -5.18. The molecule has 4 aromatic rings. The SMILES string of the molecule is CCC/C=C/C1CCC(c2ccc(-c3ccc(-c4cc(F)c(C(F)(F)Oc5ccc(F)cc5)c(F)c4)c(F)c3)c(F)c2)CC1. The van der Waals surface area contributed by atoms with Gasteiger partial charge in [0.15, 0.2) is 0 Å². The average molecular weight is 613 g/mol. The normalized spacial score (nSPS) is 17.3. The van der Waals surface area contributed by atoms with Gasteiger partial charge in [0.2, 0.25) is 0 Å². The zero-order valence-electron chi connectivity index (χ0n) is 24.0. The Kier molecular flexibility index (Phi) is 9.47. The molecule has 1 saturated carbocycles. The van der Waals surface area contributed by atoms with Crippen LogP contribution in [0, 0.1) is 35.0 Å². The molecule has 0 spiro atoms. The van der Waals surface area contributed by atoms with Gasteiger partial charge in [-0.3, -0.25) is 0 Å². The Labute approximate surface area is 252 Å². The predicted octanol–water partition coefficient (Wildman–Crippen LogP) is 11.5. The zero-order valence-corrected chi connectivity index (χ0v) is 24.0. The topological polar surface area (TPSA) is 9.23 Å². The summed E-state index contributed by atoms with van der Waals surface area (Å²) < 4.78 is 107. The van der Waals surface area contributed by atoms with Gasteiger partial charge in [0.05, 0.1) is 0 Å². The van der Waals surface area contributed by atoms with E-state index in [4.69, 9.17) is 0 Å². The summed E-state index contributed by atoms with van der Waals surface area (Å²) in [6.07, 6.45) is 6.27. The average Bonchev–Trinajstić information content (AvgIpc) is 2.98. The number of allylic oxidation sites excluding steroid dienone is 2. The highest BCUT2D eigenvalue weighted by atomic mass is 19.3. The van der Waals surface area contributed by atoms with E-state index in [1.165, 1.54) is 18.2 Å². The molecular formula is C36H31F7O. The van der Waals surface area contributed by atoms with Gasteiger partial charge in [-0.1, -0.05) is 49.8 Å². The van der Waals surface area contributed by atoms with Crippen molar-refractivity contribution in [3.05, 3.63) is 125 Å². The molecule has 0 heterocycles. The summed E-state index contributed by atoms with van der Waals surface area (Å²) in [6, 6.07) is 13.2. The molecule has 0 N–H and O–H groups in total. The van der Waals surface area contributed by atoms with Crippen molar-refractivity contribution in [2.24, 2.45) is 5.92 Å². The second-order valence-electron chi connectivity index (χ2n) is 11.2. The van der Waals surface area contributed by atoms with Gasteiger partial charge >= 0.3 is 6.11 Å². The Bertz CT molecular complexity index is 1610. The molecule has 0 amide bonds. The van der Waals surface area contributed by atoms with Crippen molar-refractivity contribution in [1.82, 2.24) is 0 Å². The molecule has 0 bridgehead atoms. The van der Waals surface area contributed by atoms with Gasteiger partial charge < -0.3 is 4.74 Å². The summed E-state index contributed by atoms with van der Waals surface area (Å²) in [5, 5.41) is 0. The first-order chi connectivity index (χ1) is 21.1. The van der Waals surface area contributed by atoms with Gasteiger partial charge in [-0.25, -0.2) is 22.0 Å². The molecule has 0 unspecified atom stereocenters. The molecule has 0 aliphatic heterocycles. The van der Waals surface area contributed by atoms with Crippen molar-refractivity contribution in [2.75, 3.05) is 0 Å². The van der Waals surface area contributed by atoms with Gasteiger partial charge in [0.1, 0.15) is 40.4 Å². The third kappa shape index (κ3) is 7.01. The molecular weight excluding hydrogens is 581 g/mol. The summed E-state index contributed by atoms with van der Waals surface area (Å²) in [7, 11) is 0. The zero-order chi connectivity index (χ0) is 31.4. The molecule has 1 fully saturated rings. The molecule has 5 rings (SSSR count). The van der Waals surface area contributed by atoms with Crippen LogP contribution < -0.4 is 4.74 Å². The summed E-state index contributed by atoms with van der Waals surface area (Å²) in [4.78, 5) is 0. The van der Waals surface area contributed by atoms with Crippen molar-refractivity contribution in [1.29, 1.82) is 0 Å². The lowest BCUT2D eigenvalue weighted by molar-refractivity contribution is -0.189. The Morgan fingerprint density at radius 2 is 1.30 bits per heavy atom. The fourth-order valence-electron chi connectivity index (χ4n) is 5.74. The minimum absolute atomic E-state index is 0.167. The highest BCUT2D eigenvalue weighted by Crippen LogP contribution is 2.40. The molecule has 44 heavy (non-hydrogen) atoms. The highest BCUT2D eigenvalue weighted by Gasteiger charge is 2.41. The third-order valence-electron chi connectivity index (χ3n) is 8.08. The Hall–Kier alpha value is -4.07. The molecule has 1 aliphatic carbocycles. The first-order valence-corrected chi connectivity index (χ1v) is 14.6. The molecule has 4 aromatic carbocycles. The van der Waals surface area contributed by atoms with E-state index in [2.05, 4.69) is 23.8 Å². The van der Waals surface area contributed by atoms with E-state index in [1.807, 2.05) is 6.07 Å². The summed E-state index contributed by atoms with van der Waals surface area (Å²) in [5.41, 5.74) is -0.988. The van der Waals surface area contributed by atoms with Crippen LogP contribution in [-0.2, 0) is 6.11 Å². The van der Waals surface area contributed by atoms with Crippen molar-refractivity contribution in [3.8, 4) is 28.0 Å². The van der Waals surface area contributed by atoms with E-state index in [9.17, 15) is 22.0 Å². The maximum Gasteiger partial charge on any atom is 0.432 e. The van der Waals surface area contributed by atoms with Crippen LogP contribution in [0.2, 0.25) is 0 Å². The van der Waals surface area contributed by atoms with E-state index in [0.717, 1.165) is 74.4 Å². The number of benzene rings is 4. The maximum absolute atomic E-state index is 15.2. The van der Waals surface area contributed by atoms with Crippen LogP contribution in [0.15, 0.2) is 84.9 Å². The fourth-order valence-corrected chi connectivity index (χ4v) is 5.74. The van der Waals surface area contributed by atoms with Gasteiger partial charge in [-0.15, -0.1) is 0 Å². The maximum atomic E-state index is 15.2. The lowest BCUT2D eigenvalue weighted by Crippen LogP contribution is -2.25. The number of alkyl halides is 2. The minimum atomic E-state index is -4.44. The third-order valence-corrected chi connectivity index (χ3v) is 8.08. The number of unbranched alkanes of at least 4 members (excludes halogenated alkanes) is 1. The summed E-state index contributed by atoms with van der Waals surface area (Å²) in [6.45, 7) is 2.14. The van der Waals surface area contributed by atoms with Crippen LogP contribution in [0.1, 0.15) is 62.5 Å². The van der Waals surface area contributed by atoms with Crippen LogP contribution in [0.4, 0.5) is 30.7 Å². The van der Waals surface area contributed by atoms with Crippen molar-refractivity contribution < 1.29 is 35.5 Å². The molecule has 0 atom stereocenters. The lowest BCUT2D eigenvalue weighted by atomic mass is 9.78. The number of ether oxygens (including phenoxy) is 1.